The lowest BCUT2D eigenvalue weighted by atomic mass is 9.99. The highest BCUT2D eigenvalue weighted by Crippen LogP contribution is 2.25. The maximum atomic E-state index is 12.1. The fourth-order valence-corrected chi connectivity index (χ4v) is 3.31. The molecule has 0 aromatic carbocycles. The highest BCUT2D eigenvalue weighted by Gasteiger charge is 2.26. The Balaban J connectivity index is 2.11. The average molecular weight is 324 g/mol. The number of hydrogen-bond donors (Lipinski definition) is 2. The Labute approximate surface area is 130 Å². The number of amides is 1. The molecule has 112 valence electrons. The van der Waals surface area contributed by atoms with Crippen LogP contribution >= 0.6 is 22.7 Å². The van der Waals surface area contributed by atoms with Gasteiger partial charge < -0.3 is 10.4 Å². The zero-order chi connectivity index (χ0) is 15.4. The van der Waals surface area contributed by atoms with Gasteiger partial charge in [-0.25, -0.2) is 9.78 Å². The van der Waals surface area contributed by atoms with Crippen LogP contribution in [0.25, 0.3) is 10.6 Å². The predicted octanol–water partition coefficient (Wildman–Crippen LogP) is 3.10. The summed E-state index contributed by atoms with van der Waals surface area (Å²) in [6, 6.07) is 1.04. The Kier molecular flexibility index (Phi) is 5.08. The number of carboxylic acid groups (broad SMARTS) is 1. The first kappa shape index (κ1) is 15.7. The van der Waals surface area contributed by atoms with Gasteiger partial charge in [0, 0.05) is 16.3 Å². The van der Waals surface area contributed by atoms with Crippen LogP contribution in [0, 0.1) is 5.92 Å². The number of hydrogen-bond acceptors (Lipinski definition) is 5. The molecule has 0 saturated carbocycles. The van der Waals surface area contributed by atoms with Crippen LogP contribution in [-0.2, 0) is 4.79 Å². The third-order valence-electron chi connectivity index (χ3n) is 3.27. The van der Waals surface area contributed by atoms with E-state index in [0.717, 1.165) is 10.6 Å². The zero-order valence-corrected chi connectivity index (χ0v) is 13.3. The number of nitrogens with one attached hydrogen (secondary N) is 1. The van der Waals surface area contributed by atoms with Crippen LogP contribution in [0.1, 0.15) is 30.8 Å². The van der Waals surface area contributed by atoms with E-state index in [1.165, 1.54) is 11.3 Å². The molecular formula is C14H16N2O3S2. The smallest absolute Gasteiger partial charge is 0.326 e. The summed E-state index contributed by atoms with van der Waals surface area (Å²) < 4.78 is 0. The van der Waals surface area contributed by atoms with Crippen molar-refractivity contribution in [1.29, 1.82) is 0 Å². The molecule has 0 radical (unpaired) electrons. The van der Waals surface area contributed by atoms with Gasteiger partial charge >= 0.3 is 5.97 Å². The number of carbonyl (C=O) groups is 2. The monoisotopic (exact) mass is 324 g/mol. The van der Waals surface area contributed by atoms with Gasteiger partial charge in [-0.3, -0.25) is 4.79 Å². The van der Waals surface area contributed by atoms with Crippen LogP contribution < -0.4 is 5.32 Å². The minimum atomic E-state index is -1.02. The molecule has 0 bridgehead atoms. The van der Waals surface area contributed by atoms with E-state index in [1.807, 2.05) is 23.8 Å². The Morgan fingerprint density at radius 3 is 2.76 bits per heavy atom. The number of rotatable bonds is 6. The quantitative estimate of drug-likeness (QED) is 0.856. The highest BCUT2D eigenvalue weighted by molar-refractivity contribution is 7.14. The second-order valence-corrected chi connectivity index (χ2v) is 6.36. The number of thiazole rings is 1. The van der Waals surface area contributed by atoms with E-state index < -0.39 is 17.9 Å². The summed E-state index contributed by atoms with van der Waals surface area (Å²) in [5.41, 5.74) is 1.23. The fourth-order valence-electron chi connectivity index (χ4n) is 1.80. The molecule has 2 rings (SSSR count). The van der Waals surface area contributed by atoms with Crippen LogP contribution in [0.3, 0.4) is 0 Å². The molecule has 0 aliphatic heterocycles. The highest BCUT2D eigenvalue weighted by atomic mass is 32.1. The van der Waals surface area contributed by atoms with Crippen molar-refractivity contribution in [2.45, 2.75) is 26.3 Å². The van der Waals surface area contributed by atoms with Crippen molar-refractivity contribution < 1.29 is 14.7 Å². The number of aromatic nitrogens is 1. The molecule has 2 heterocycles. The number of thiophene rings is 1. The number of nitrogens with zero attached hydrogens (tertiary/aromatic N) is 1. The van der Waals surface area contributed by atoms with Crippen molar-refractivity contribution in [2.24, 2.45) is 5.92 Å². The van der Waals surface area contributed by atoms with E-state index >= 15 is 0 Å². The molecule has 5 nitrogen and oxygen atoms in total. The van der Waals surface area contributed by atoms with Crippen molar-refractivity contribution in [3.63, 3.8) is 0 Å². The Hall–Kier alpha value is -1.73. The van der Waals surface area contributed by atoms with Gasteiger partial charge in [0.15, 0.2) is 0 Å². The van der Waals surface area contributed by atoms with Gasteiger partial charge in [0.2, 0.25) is 0 Å². The SMILES string of the molecule is CC[C@H](C)[C@H](NC(=O)c1csc(-c2ccsc2)n1)C(=O)O. The Morgan fingerprint density at radius 2 is 2.19 bits per heavy atom. The normalized spacial score (nSPS) is 13.6. The molecule has 2 N–H and O–H groups in total. The molecule has 2 aromatic rings. The van der Waals surface area contributed by atoms with E-state index in [0.29, 0.717) is 6.42 Å². The molecule has 2 aromatic heterocycles. The van der Waals surface area contributed by atoms with E-state index in [2.05, 4.69) is 10.3 Å². The van der Waals surface area contributed by atoms with Gasteiger partial charge in [-0.05, 0) is 17.4 Å². The lowest BCUT2D eigenvalue weighted by Crippen LogP contribution is -2.45. The van der Waals surface area contributed by atoms with Crippen LogP contribution in [0.2, 0.25) is 0 Å². The minimum Gasteiger partial charge on any atom is -0.480 e. The zero-order valence-electron chi connectivity index (χ0n) is 11.7. The van der Waals surface area contributed by atoms with Crippen LogP contribution in [0.4, 0.5) is 0 Å². The number of aliphatic carboxylic acids is 1. The topological polar surface area (TPSA) is 79.3 Å². The first-order valence-electron chi connectivity index (χ1n) is 6.54. The first-order chi connectivity index (χ1) is 10.0. The average Bonchev–Trinajstić information content (AvgIpc) is 3.12. The van der Waals surface area contributed by atoms with Gasteiger partial charge in [0.25, 0.3) is 5.91 Å². The van der Waals surface area contributed by atoms with Crippen LogP contribution in [0.5, 0.6) is 0 Å². The molecule has 0 spiro atoms. The Bertz CT molecular complexity index is 622. The second-order valence-electron chi connectivity index (χ2n) is 4.72. The lowest BCUT2D eigenvalue weighted by molar-refractivity contribution is -0.140. The van der Waals surface area contributed by atoms with Gasteiger partial charge in [0.1, 0.15) is 16.7 Å². The summed E-state index contributed by atoms with van der Waals surface area (Å²) in [5.74, 6) is -1.60. The number of carboxylic acids is 1. The van der Waals surface area contributed by atoms with Crippen molar-refractivity contribution in [1.82, 2.24) is 10.3 Å². The van der Waals surface area contributed by atoms with Crippen molar-refractivity contribution >= 4 is 34.6 Å². The Morgan fingerprint density at radius 1 is 1.43 bits per heavy atom. The summed E-state index contributed by atoms with van der Waals surface area (Å²) in [6.07, 6.45) is 0.675. The van der Waals surface area contributed by atoms with Crippen LogP contribution in [0.15, 0.2) is 22.2 Å². The van der Waals surface area contributed by atoms with E-state index in [-0.39, 0.29) is 11.6 Å². The summed E-state index contributed by atoms with van der Waals surface area (Å²) in [7, 11) is 0. The molecular weight excluding hydrogens is 308 g/mol. The van der Waals surface area contributed by atoms with Crippen molar-refractivity contribution in [2.75, 3.05) is 0 Å². The molecule has 0 aliphatic rings. The largest absolute Gasteiger partial charge is 0.480 e. The maximum absolute atomic E-state index is 12.1. The summed E-state index contributed by atoms with van der Waals surface area (Å²) in [5, 5.41) is 18.1. The molecule has 0 saturated heterocycles. The van der Waals surface area contributed by atoms with Crippen molar-refractivity contribution in [3.8, 4) is 10.6 Å². The molecule has 0 aliphatic carbocycles. The molecule has 1 amide bonds. The van der Waals surface area contributed by atoms with Crippen molar-refractivity contribution in [3.05, 3.63) is 27.9 Å². The van der Waals surface area contributed by atoms with Gasteiger partial charge in [-0.15, -0.1) is 11.3 Å². The predicted molar refractivity (Wildman–Crippen MR) is 83.8 cm³/mol. The summed E-state index contributed by atoms with van der Waals surface area (Å²) >= 11 is 2.93. The van der Waals surface area contributed by atoms with E-state index in [1.54, 1.807) is 23.6 Å². The van der Waals surface area contributed by atoms with Gasteiger partial charge in [-0.1, -0.05) is 20.3 Å². The molecule has 7 heteroatoms. The standard InChI is InChI=1S/C14H16N2O3S2/c1-3-8(2)11(14(18)19)16-12(17)10-7-21-13(15-10)9-4-5-20-6-9/h4-8,11H,3H2,1-2H3,(H,16,17)(H,18,19)/t8-,11-/m0/s1. The summed E-state index contributed by atoms with van der Waals surface area (Å²) in [6.45, 7) is 3.70. The molecule has 0 fully saturated rings. The fraction of sp³-hybridized carbons (Fsp3) is 0.357. The lowest BCUT2D eigenvalue weighted by Gasteiger charge is -2.19. The summed E-state index contributed by atoms with van der Waals surface area (Å²) in [4.78, 5) is 27.6. The molecule has 21 heavy (non-hydrogen) atoms. The molecule has 2 atom stereocenters. The van der Waals surface area contributed by atoms with Crippen LogP contribution in [-0.4, -0.2) is 28.0 Å². The molecule has 0 unspecified atom stereocenters. The van der Waals surface area contributed by atoms with Gasteiger partial charge in [-0.2, -0.15) is 11.3 Å². The third-order valence-corrected chi connectivity index (χ3v) is 4.85. The first-order valence-corrected chi connectivity index (χ1v) is 8.37. The number of carbonyl (C=O) groups excluding carboxylic acids is 1. The van der Waals surface area contributed by atoms with Gasteiger partial charge in [0.05, 0.1) is 0 Å². The maximum Gasteiger partial charge on any atom is 0.326 e. The van der Waals surface area contributed by atoms with E-state index in [9.17, 15) is 14.7 Å². The minimum absolute atomic E-state index is 0.138. The second kappa shape index (κ2) is 6.82. The third kappa shape index (κ3) is 3.68. The van der Waals surface area contributed by atoms with E-state index in [4.69, 9.17) is 0 Å².